The minimum absolute atomic E-state index is 0.0977. The van der Waals surface area contributed by atoms with Crippen LogP contribution >= 0.6 is 0 Å². The highest BCUT2D eigenvalue weighted by molar-refractivity contribution is 5.94. The zero-order valence-corrected chi connectivity index (χ0v) is 17.4. The Morgan fingerprint density at radius 3 is 2.48 bits per heavy atom. The first-order valence-electron chi connectivity index (χ1n) is 10.7. The first kappa shape index (κ1) is 19.9. The molecule has 0 aromatic heterocycles. The molecular weight excluding hydrogens is 365 g/mol. The molecule has 2 aliphatic rings. The summed E-state index contributed by atoms with van der Waals surface area (Å²) in [6, 6.07) is 10.7. The molecular formula is C24H30FN3O. The van der Waals surface area contributed by atoms with Crippen molar-refractivity contribution < 1.29 is 9.18 Å². The Morgan fingerprint density at radius 1 is 1.00 bits per heavy atom. The fourth-order valence-electron chi connectivity index (χ4n) is 4.44. The number of hydrogen-bond acceptors (Lipinski definition) is 3. The maximum Gasteiger partial charge on any atom is 0.251 e. The molecule has 4 nitrogen and oxygen atoms in total. The summed E-state index contributed by atoms with van der Waals surface area (Å²) < 4.78 is 14.0. The maximum absolute atomic E-state index is 14.0. The predicted molar refractivity (Wildman–Crippen MR) is 115 cm³/mol. The number of nitrogens with zero attached hydrogens (tertiary/aromatic N) is 2. The molecule has 2 aromatic carbocycles. The standard InChI is InChI=1S/C24H30FN3O/c1-17(26-24(29)20-8-7-18-5-3-4-6-19(18)15-20)22-16-21(25)9-10-23(22)28-13-11-27(2)12-14-28/h7-10,15-17H,3-6,11-14H2,1-2H3,(H,26,29). The van der Waals surface area contributed by atoms with E-state index in [9.17, 15) is 9.18 Å². The number of carbonyl (C=O) groups excluding carboxylic acids is 1. The van der Waals surface area contributed by atoms with E-state index in [-0.39, 0.29) is 17.8 Å². The van der Waals surface area contributed by atoms with Gasteiger partial charge in [-0.3, -0.25) is 4.79 Å². The van der Waals surface area contributed by atoms with Gasteiger partial charge in [0.15, 0.2) is 0 Å². The number of carbonyl (C=O) groups is 1. The third-order valence-corrected chi connectivity index (χ3v) is 6.26. The topological polar surface area (TPSA) is 35.6 Å². The van der Waals surface area contributed by atoms with Crippen LogP contribution in [-0.4, -0.2) is 44.0 Å². The molecule has 2 aromatic rings. The number of fused-ring (bicyclic) bond motifs is 1. The number of benzene rings is 2. The molecule has 1 fully saturated rings. The van der Waals surface area contributed by atoms with Crippen molar-refractivity contribution in [1.29, 1.82) is 0 Å². The molecule has 0 radical (unpaired) electrons. The van der Waals surface area contributed by atoms with Gasteiger partial charge >= 0.3 is 0 Å². The Labute approximate surface area is 172 Å². The number of nitrogens with one attached hydrogen (secondary N) is 1. The summed E-state index contributed by atoms with van der Waals surface area (Å²) in [5.74, 6) is -0.368. The van der Waals surface area contributed by atoms with E-state index in [1.807, 2.05) is 25.1 Å². The van der Waals surface area contributed by atoms with Gasteiger partial charge < -0.3 is 15.1 Å². The fraction of sp³-hybridized carbons (Fsp3) is 0.458. The lowest BCUT2D eigenvalue weighted by molar-refractivity contribution is 0.0939. The summed E-state index contributed by atoms with van der Waals surface area (Å²) >= 11 is 0. The van der Waals surface area contributed by atoms with Gasteiger partial charge in [-0.05, 0) is 81.1 Å². The first-order valence-corrected chi connectivity index (χ1v) is 10.7. The summed E-state index contributed by atoms with van der Waals surface area (Å²) in [5, 5.41) is 3.09. The summed E-state index contributed by atoms with van der Waals surface area (Å²) in [6.07, 6.45) is 4.56. The molecule has 0 bridgehead atoms. The van der Waals surface area contributed by atoms with Crippen LogP contribution in [0.25, 0.3) is 0 Å². The minimum Gasteiger partial charge on any atom is -0.369 e. The quantitative estimate of drug-likeness (QED) is 0.852. The van der Waals surface area contributed by atoms with Gasteiger partial charge in [-0.1, -0.05) is 6.07 Å². The molecule has 1 heterocycles. The lowest BCUT2D eigenvalue weighted by Gasteiger charge is -2.36. The van der Waals surface area contributed by atoms with E-state index >= 15 is 0 Å². The van der Waals surface area contributed by atoms with Crippen molar-refractivity contribution in [2.24, 2.45) is 0 Å². The number of likely N-dealkylation sites (N-methyl/N-ethyl adjacent to an activating group) is 1. The smallest absolute Gasteiger partial charge is 0.251 e. The molecule has 154 valence electrons. The highest BCUT2D eigenvalue weighted by Crippen LogP contribution is 2.29. The SMILES string of the molecule is CC(NC(=O)c1ccc2c(c1)CCCC2)c1cc(F)ccc1N1CCN(C)CC1. The van der Waals surface area contributed by atoms with Crippen molar-refractivity contribution in [1.82, 2.24) is 10.2 Å². The number of piperazine rings is 1. The summed E-state index contributed by atoms with van der Waals surface area (Å²) in [6.45, 7) is 5.70. The molecule has 1 aliphatic carbocycles. The van der Waals surface area contributed by atoms with Gasteiger partial charge in [0.1, 0.15) is 5.82 Å². The van der Waals surface area contributed by atoms with Crippen LogP contribution in [0, 0.1) is 5.82 Å². The van der Waals surface area contributed by atoms with Crippen LogP contribution in [0.4, 0.5) is 10.1 Å². The minimum atomic E-state index is -0.274. The number of hydrogen-bond donors (Lipinski definition) is 1. The highest BCUT2D eigenvalue weighted by atomic mass is 19.1. The van der Waals surface area contributed by atoms with Crippen molar-refractivity contribution in [2.45, 2.75) is 38.6 Å². The number of amides is 1. The Kier molecular flexibility index (Phi) is 5.86. The first-order chi connectivity index (χ1) is 14.0. The number of aryl methyl sites for hydroxylation is 2. The van der Waals surface area contributed by atoms with E-state index in [1.165, 1.54) is 30.0 Å². The largest absolute Gasteiger partial charge is 0.369 e. The summed E-state index contributed by atoms with van der Waals surface area (Å²) in [4.78, 5) is 17.5. The zero-order valence-electron chi connectivity index (χ0n) is 17.4. The number of anilines is 1. The second-order valence-corrected chi connectivity index (χ2v) is 8.38. The highest BCUT2D eigenvalue weighted by Gasteiger charge is 2.22. The fourth-order valence-corrected chi connectivity index (χ4v) is 4.44. The van der Waals surface area contributed by atoms with Crippen molar-refractivity contribution in [2.75, 3.05) is 38.1 Å². The van der Waals surface area contributed by atoms with E-state index in [0.29, 0.717) is 5.56 Å². The van der Waals surface area contributed by atoms with E-state index < -0.39 is 0 Å². The summed E-state index contributed by atoms with van der Waals surface area (Å²) in [5.41, 5.74) is 5.19. The van der Waals surface area contributed by atoms with Gasteiger partial charge in [-0.2, -0.15) is 0 Å². The molecule has 0 saturated carbocycles. The van der Waals surface area contributed by atoms with Crippen molar-refractivity contribution >= 4 is 11.6 Å². The van der Waals surface area contributed by atoms with E-state index in [2.05, 4.69) is 28.2 Å². The van der Waals surface area contributed by atoms with Crippen LogP contribution in [0.15, 0.2) is 36.4 Å². The molecule has 5 heteroatoms. The molecule has 4 rings (SSSR count). The van der Waals surface area contributed by atoms with Crippen molar-refractivity contribution in [3.63, 3.8) is 0 Å². The van der Waals surface area contributed by atoms with E-state index in [4.69, 9.17) is 0 Å². The molecule has 1 saturated heterocycles. The molecule has 1 amide bonds. The number of halogens is 1. The zero-order chi connectivity index (χ0) is 20.4. The molecule has 0 spiro atoms. The average molecular weight is 396 g/mol. The third kappa shape index (κ3) is 4.45. The van der Waals surface area contributed by atoms with Gasteiger partial charge in [0, 0.05) is 43.0 Å². The number of rotatable bonds is 4. The molecule has 1 aliphatic heterocycles. The van der Waals surface area contributed by atoms with Crippen LogP contribution in [0.1, 0.15) is 52.9 Å². The van der Waals surface area contributed by atoms with Crippen LogP contribution in [0.3, 0.4) is 0 Å². The summed E-state index contributed by atoms with van der Waals surface area (Å²) in [7, 11) is 2.12. The van der Waals surface area contributed by atoms with Gasteiger partial charge in [-0.15, -0.1) is 0 Å². The Hall–Kier alpha value is -2.40. The Balaban J connectivity index is 1.53. The van der Waals surface area contributed by atoms with Crippen LogP contribution in [0.2, 0.25) is 0 Å². The second-order valence-electron chi connectivity index (χ2n) is 8.38. The van der Waals surface area contributed by atoms with Gasteiger partial charge in [0.05, 0.1) is 6.04 Å². The van der Waals surface area contributed by atoms with Gasteiger partial charge in [0.25, 0.3) is 5.91 Å². The Bertz CT molecular complexity index is 890. The Morgan fingerprint density at radius 2 is 1.72 bits per heavy atom. The van der Waals surface area contributed by atoms with Gasteiger partial charge in [-0.25, -0.2) is 4.39 Å². The van der Waals surface area contributed by atoms with Crippen LogP contribution in [-0.2, 0) is 12.8 Å². The maximum atomic E-state index is 14.0. The van der Waals surface area contributed by atoms with Gasteiger partial charge in [0.2, 0.25) is 0 Å². The molecule has 1 atom stereocenters. The molecule has 29 heavy (non-hydrogen) atoms. The van der Waals surface area contributed by atoms with Crippen molar-refractivity contribution in [3.8, 4) is 0 Å². The monoisotopic (exact) mass is 395 g/mol. The average Bonchev–Trinajstić information content (AvgIpc) is 2.74. The molecule has 1 unspecified atom stereocenters. The second kappa shape index (κ2) is 8.54. The predicted octanol–water partition coefficient (Wildman–Crippen LogP) is 3.95. The lowest BCUT2D eigenvalue weighted by Crippen LogP contribution is -2.45. The van der Waals surface area contributed by atoms with Crippen molar-refractivity contribution in [3.05, 3.63) is 64.5 Å². The van der Waals surface area contributed by atoms with E-state index in [1.54, 1.807) is 6.07 Å². The third-order valence-electron chi connectivity index (χ3n) is 6.26. The van der Waals surface area contributed by atoms with Crippen LogP contribution in [0.5, 0.6) is 0 Å². The van der Waals surface area contributed by atoms with Crippen LogP contribution < -0.4 is 10.2 Å². The van der Waals surface area contributed by atoms with E-state index in [0.717, 1.165) is 50.3 Å². The molecule has 1 N–H and O–H groups in total. The lowest BCUT2D eigenvalue weighted by atomic mass is 9.90. The normalized spacial score (nSPS) is 18.2.